The summed E-state index contributed by atoms with van der Waals surface area (Å²) in [7, 11) is 2.13. The van der Waals surface area contributed by atoms with E-state index >= 15 is 0 Å². The Hall–Kier alpha value is -1.66. The van der Waals surface area contributed by atoms with E-state index in [-0.39, 0.29) is 11.8 Å². The zero-order valence-corrected chi connectivity index (χ0v) is 13.0. The fraction of sp³-hybridized carbons (Fsp3) is 0.600. The van der Waals surface area contributed by atoms with E-state index in [2.05, 4.69) is 27.1 Å². The van der Waals surface area contributed by atoms with Gasteiger partial charge in [0.1, 0.15) is 5.82 Å². The fourth-order valence-corrected chi connectivity index (χ4v) is 2.21. The summed E-state index contributed by atoms with van der Waals surface area (Å²) >= 11 is 0. The van der Waals surface area contributed by atoms with Crippen molar-refractivity contribution in [1.82, 2.24) is 9.88 Å². The second-order valence-corrected chi connectivity index (χ2v) is 5.95. The van der Waals surface area contributed by atoms with Crippen LogP contribution in [0.5, 0.6) is 0 Å². The van der Waals surface area contributed by atoms with Gasteiger partial charge < -0.3 is 20.9 Å². The second kappa shape index (κ2) is 6.87. The molecule has 0 radical (unpaired) electrons. The van der Waals surface area contributed by atoms with Crippen molar-refractivity contribution in [2.75, 3.05) is 43.4 Å². The fourth-order valence-electron chi connectivity index (χ4n) is 2.21. The lowest BCUT2D eigenvalue weighted by molar-refractivity contribution is -0.118. The summed E-state index contributed by atoms with van der Waals surface area (Å²) in [5, 5.41) is 2.81. The van der Waals surface area contributed by atoms with Crippen LogP contribution in [0.1, 0.15) is 13.8 Å². The third-order valence-electron chi connectivity index (χ3n) is 3.86. The molecule has 3 N–H and O–H groups in total. The summed E-state index contributed by atoms with van der Waals surface area (Å²) in [6.07, 6.45) is 1.69. The Labute approximate surface area is 126 Å². The lowest BCUT2D eigenvalue weighted by Crippen LogP contribution is -2.44. The van der Waals surface area contributed by atoms with Crippen LogP contribution in [0.3, 0.4) is 0 Å². The maximum Gasteiger partial charge on any atom is 0.241 e. The zero-order chi connectivity index (χ0) is 15.4. The lowest BCUT2D eigenvalue weighted by Gasteiger charge is -2.33. The van der Waals surface area contributed by atoms with Crippen molar-refractivity contribution in [1.29, 1.82) is 0 Å². The standard InChI is InChI=1S/C15H25N5O/c1-11(2)14(16)15(21)18-12-4-5-13(17-10-12)20-8-6-19(3)7-9-20/h4-5,10-11,14H,6-9,16H2,1-3H3,(H,18,21)/t14-/m0/s1. The molecular formula is C15H25N5O. The molecule has 116 valence electrons. The number of amides is 1. The van der Waals surface area contributed by atoms with Crippen molar-refractivity contribution < 1.29 is 4.79 Å². The van der Waals surface area contributed by atoms with Gasteiger partial charge in [-0.15, -0.1) is 0 Å². The van der Waals surface area contributed by atoms with E-state index in [1.807, 2.05) is 26.0 Å². The highest BCUT2D eigenvalue weighted by atomic mass is 16.2. The zero-order valence-electron chi connectivity index (χ0n) is 13.0. The number of carbonyl (C=O) groups excluding carboxylic acids is 1. The van der Waals surface area contributed by atoms with E-state index in [9.17, 15) is 4.79 Å². The first-order chi connectivity index (χ1) is 9.97. The van der Waals surface area contributed by atoms with Crippen LogP contribution in [-0.2, 0) is 4.79 Å². The van der Waals surface area contributed by atoms with Gasteiger partial charge in [-0.25, -0.2) is 4.98 Å². The van der Waals surface area contributed by atoms with Crippen LogP contribution in [0.25, 0.3) is 0 Å². The Morgan fingerprint density at radius 3 is 2.48 bits per heavy atom. The number of likely N-dealkylation sites (N-methyl/N-ethyl adjacent to an activating group) is 1. The van der Waals surface area contributed by atoms with Crippen LogP contribution < -0.4 is 16.0 Å². The van der Waals surface area contributed by atoms with Crippen molar-refractivity contribution in [3.8, 4) is 0 Å². The average Bonchev–Trinajstić information content (AvgIpc) is 2.48. The van der Waals surface area contributed by atoms with Crippen molar-refractivity contribution in [2.24, 2.45) is 11.7 Å². The summed E-state index contributed by atoms with van der Waals surface area (Å²) in [6.45, 7) is 7.91. The Kier molecular flexibility index (Phi) is 5.14. The van der Waals surface area contributed by atoms with E-state index in [1.165, 1.54) is 0 Å². The lowest BCUT2D eigenvalue weighted by atomic mass is 10.1. The third kappa shape index (κ3) is 4.15. The third-order valence-corrected chi connectivity index (χ3v) is 3.86. The molecule has 21 heavy (non-hydrogen) atoms. The quantitative estimate of drug-likeness (QED) is 0.856. The minimum Gasteiger partial charge on any atom is -0.354 e. The van der Waals surface area contributed by atoms with Gasteiger partial charge in [-0.05, 0) is 25.1 Å². The van der Waals surface area contributed by atoms with E-state index in [4.69, 9.17) is 5.73 Å². The Balaban J connectivity index is 1.94. The number of nitrogens with two attached hydrogens (primary N) is 1. The predicted molar refractivity (Wildman–Crippen MR) is 85.4 cm³/mol. The first-order valence-electron chi connectivity index (χ1n) is 7.43. The molecule has 1 aromatic rings. The molecule has 0 aromatic carbocycles. The topological polar surface area (TPSA) is 74.5 Å². The van der Waals surface area contributed by atoms with Gasteiger partial charge in [-0.3, -0.25) is 4.79 Å². The van der Waals surface area contributed by atoms with Gasteiger partial charge in [-0.1, -0.05) is 13.8 Å². The molecule has 1 aliphatic heterocycles. The van der Waals surface area contributed by atoms with Gasteiger partial charge in [0, 0.05) is 26.2 Å². The van der Waals surface area contributed by atoms with Gasteiger partial charge in [-0.2, -0.15) is 0 Å². The molecule has 0 unspecified atom stereocenters. The van der Waals surface area contributed by atoms with Crippen LogP contribution in [0.4, 0.5) is 11.5 Å². The molecule has 2 rings (SSSR count). The number of rotatable bonds is 4. The van der Waals surface area contributed by atoms with Crippen LogP contribution in [0.15, 0.2) is 18.3 Å². The van der Waals surface area contributed by atoms with E-state index in [1.54, 1.807) is 6.20 Å². The second-order valence-electron chi connectivity index (χ2n) is 5.95. The summed E-state index contributed by atoms with van der Waals surface area (Å²) in [6, 6.07) is 3.33. The molecule has 0 bridgehead atoms. The van der Waals surface area contributed by atoms with Crippen LogP contribution >= 0.6 is 0 Å². The van der Waals surface area contributed by atoms with Crippen molar-refractivity contribution in [3.05, 3.63) is 18.3 Å². The molecule has 1 saturated heterocycles. The van der Waals surface area contributed by atoms with Gasteiger partial charge >= 0.3 is 0 Å². The Bertz CT molecular complexity index is 465. The molecule has 2 heterocycles. The normalized spacial score (nSPS) is 17.9. The summed E-state index contributed by atoms with van der Waals surface area (Å²) in [4.78, 5) is 20.9. The van der Waals surface area contributed by atoms with E-state index in [0.717, 1.165) is 32.0 Å². The number of piperazine rings is 1. The average molecular weight is 291 g/mol. The molecule has 1 aliphatic rings. The molecule has 6 heteroatoms. The SMILES string of the molecule is CC(C)[C@H](N)C(=O)Nc1ccc(N2CCN(C)CC2)nc1. The predicted octanol–water partition coefficient (Wildman–Crippen LogP) is 0.755. The maximum absolute atomic E-state index is 11.9. The number of aromatic nitrogens is 1. The minimum absolute atomic E-state index is 0.113. The van der Waals surface area contributed by atoms with E-state index < -0.39 is 6.04 Å². The molecule has 0 spiro atoms. The number of nitrogens with one attached hydrogen (secondary N) is 1. The number of pyridine rings is 1. The van der Waals surface area contributed by atoms with Gasteiger partial charge in [0.25, 0.3) is 0 Å². The first-order valence-corrected chi connectivity index (χ1v) is 7.43. The van der Waals surface area contributed by atoms with Crippen LogP contribution in [-0.4, -0.2) is 55.1 Å². The molecule has 0 aliphatic carbocycles. The highest BCUT2D eigenvalue weighted by Crippen LogP contribution is 2.16. The smallest absolute Gasteiger partial charge is 0.241 e. The Morgan fingerprint density at radius 1 is 1.29 bits per heavy atom. The largest absolute Gasteiger partial charge is 0.354 e. The number of hydrogen-bond acceptors (Lipinski definition) is 5. The van der Waals surface area contributed by atoms with Crippen molar-refractivity contribution in [2.45, 2.75) is 19.9 Å². The van der Waals surface area contributed by atoms with Crippen LogP contribution in [0.2, 0.25) is 0 Å². The number of nitrogens with zero attached hydrogens (tertiary/aromatic N) is 3. The van der Waals surface area contributed by atoms with Crippen molar-refractivity contribution in [3.63, 3.8) is 0 Å². The van der Waals surface area contributed by atoms with Crippen LogP contribution in [0, 0.1) is 5.92 Å². The van der Waals surface area contributed by atoms with E-state index in [0.29, 0.717) is 5.69 Å². The van der Waals surface area contributed by atoms with Gasteiger partial charge in [0.15, 0.2) is 0 Å². The monoisotopic (exact) mass is 291 g/mol. The number of anilines is 2. The molecule has 1 amide bonds. The van der Waals surface area contributed by atoms with Gasteiger partial charge in [0.05, 0.1) is 17.9 Å². The number of hydrogen-bond donors (Lipinski definition) is 2. The molecule has 1 atom stereocenters. The highest BCUT2D eigenvalue weighted by Gasteiger charge is 2.18. The minimum atomic E-state index is -0.498. The summed E-state index contributed by atoms with van der Waals surface area (Å²) in [5.74, 6) is 0.899. The molecule has 1 aromatic heterocycles. The maximum atomic E-state index is 11.9. The highest BCUT2D eigenvalue weighted by molar-refractivity contribution is 5.94. The summed E-state index contributed by atoms with van der Waals surface area (Å²) in [5.41, 5.74) is 6.51. The van der Waals surface area contributed by atoms with Crippen molar-refractivity contribution >= 4 is 17.4 Å². The van der Waals surface area contributed by atoms with Gasteiger partial charge in [0.2, 0.25) is 5.91 Å². The Morgan fingerprint density at radius 2 is 1.95 bits per heavy atom. The molecule has 6 nitrogen and oxygen atoms in total. The number of carbonyl (C=O) groups is 1. The summed E-state index contributed by atoms with van der Waals surface area (Å²) < 4.78 is 0. The molecule has 0 saturated carbocycles. The molecular weight excluding hydrogens is 266 g/mol. The first kappa shape index (κ1) is 15.7. The molecule has 1 fully saturated rings.